The lowest BCUT2D eigenvalue weighted by molar-refractivity contribution is -0.147. The molecule has 0 aliphatic rings. The number of hydrogen-bond acceptors (Lipinski definition) is 7. The van der Waals surface area contributed by atoms with Crippen molar-refractivity contribution in [2.24, 2.45) is 5.92 Å². The van der Waals surface area contributed by atoms with Gasteiger partial charge in [-0.15, -0.1) is 11.3 Å². The van der Waals surface area contributed by atoms with Gasteiger partial charge in [-0.3, -0.25) is 9.59 Å². The molecule has 0 saturated heterocycles. The van der Waals surface area contributed by atoms with Crippen molar-refractivity contribution in [3.8, 4) is 0 Å². The molecule has 1 aromatic rings. The van der Waals surface area contributed by atoms with Crippen LogP contribution in [0.2, 0.25) is 0 Å². The number of amides is 1. The first-order valence-electron chi connectivity index (χ1n) is 9.85. The first-order valence-corrected chi connectivity index (χ1v) is 10.7. The highest BCUT2D eigenvalue weighted by Gasteiger charge is 2.33. The Labute approximate surface area is 177 Å². The molecule has 0 bridgehead atoms. The standard InChI is InChI=1S/C21H34N2O5S/c1-12(2)16(23(9)20(26)28-21(6,7)8)10-17(27-14(5)25)19-22-15(11-24)18(29-19)13(3)4/h11-13,16-17H,10H2,1-9H3/t16-,17-/m1/s1. The van der Waals surface area contributed by atoms with Crippen molar-refractivity contribution in [3.63, 3.8) is 0 Å². The number of hydrogen-bond donors (Lipinski definition) is 0. The molecule has 0 aliphatic heterocycles. The molecule has 164 valence electrons. The van der Waals surface area contributed by atoms with E-state index in [0.29, 0.717) is 17.1 Å². The fourth-order valence-corrected chi connectivity index (χ4v) is 4.04. The van der Waals surface area contributed by atoms with Crippen LogP contribution in [-0.2, 0) is 14.3 Å². The average Bonchev–Trinajstić information content (AvgIpc) is 3.00. The summed E-state index contributed by atoms with van der Waals surface area (Å²) in [6.45, 7) is 14.7. The largest absolute Gasteiger partial charge is 0.455 e. The first kappa shape index (κ1) is 25.1. The van der Waals surface area contributed by atoms with Crippen molar-refractivity contribution in [3.05, 3.63) is 15.6 Å². The van der Waals surface area contributed by atoms with E-state index in [-0.39, 0.29) is 17.9 Å². The van der Waals surface area contributed by atoms with E-state index in [9.17, 15) is 14.4 Å². The third-order valence-corrected chi connectivity index (χ3v) is 5.79. The van der Waals surface area contributed by atoms with Gasteiger partial charge in [-0.1, -0.05) is 27.7 Å². The Morgan fingerprint density at radius 1 is 1.21 bits per heavy atom. The summed E-state index contributed by atoms with van der Waals surface area (Å²) in [5.74, 6) is -0.225. The van der Waals surface area contributed by atoms with Crippen LogP contribution >= 0.6 is 11.3 Å². The van der Waals surface area contributed by atoms with Crippen molar-refractivity contribution in [1.82, 2.24) is 9.88 Å². The molecule has 0 radical (unpaired) electrons. The number of rotatable bonds is 8. The van der Waals surface area contributed by atoms with Crippen LogP contribution in [0.1, 0.15) is 94.2 Å². The third-order valence-electron chi connectivity index (χ3n) is 4.32. The van der Waals surface area contributed by atoms with Gasteiger partial charge in [-0.2, -0.15) is 0 Å². The monoisotopic (exact) mass is 426 g/mol. The van der Waals surface area contributed by atoms with Gasteiger partial charge in [0.2, 0.25) is 0 Å². The molecular weight excluding hydrogens is 392 g/mol. The molecule has 8 heteroatoms. The topological polar surface area (TPSA) is 85.8 Å². The van der Waals surface area contributed by atoms with Crippen molar-refractivity contribution in [2.45, 2.75) is 85.5 Å². The summed E-state index contributed by atoms with van der Waals surface area (Å²) >= 11 is 1.37. The average molecular weight is 427 g/mol. The summed E-state index contributed by atoms with van der Waals surface area (Å²) in [5.41, 5.74) is -0.235. The van der Waals surface area contributed by atoms with Gasteiger partial charge in [0.15, 0.2) is 12.4 Å². The van der Waals surface area contributed by atoms with E-state index < -0.39 is 23.8 Å². The number of esters is 1. The van der Waals surface area contributed by atoms with Crippen molar-refractivity contribution < 1.29 is 23.9 Å². The number of thiazole rings is 1. The van der Waals surface area contributed by atoms with Crippen LogP contribution in [0.4, 0.5) is 4.79 Å². The lowest BCUT2D eigenvalue weighted by atomic mass is 9.96. The van der Waals surface area contributed by atoms with Gasteiger partial charge < -0.3 is 14.4 Å². The molecule has 0 N–H and O–H groups in total. The first-order chi connectivity index (χ1) is 13.3. The SMILES string of the molecule is CC(=O)O[C@H](C[C@H](C(C)C)N(C)C(=O)OC(C)(C)C)c1nc(C=O)c(C(C)C)s1. The zero-order valence-electron chi connectivity index (χ0n) is 18.9. The molecular formula is C21H34N2O5S. The lowest BCUT2D eigenvalue weighted by Crippen LogP contribution is -2.44. The molecule has 7 nitrogen and oxygen atoms in total. The highest BCUT2D eigenvalue weighted by atomic mass is 32.1. The molecule has 1 aromatic heterocycles. The van der Waals surface area contributed by atoms with E-state index in [4.69, 9.17) is 9.47 Å². The summed E-state index contributed by atoms with van der Waals surface area (Å²) in [6.07, 6.45) is -0.00201. The fourth-order valence-electron chi connectivity index (χ4n) is 2.96. The Morgan fingerprint density at radius 3 is 2.17 bits per heavy atom. The van der Waals surface area contributed by atoms with E-state index in [1.54, 1.807) is 11.9 Å². The normalized spacial score (nSPS) is 13.9. The van der Waals surface area contributed by atoms with Gasteiger partial charge in [-0.05, 0) is 32.6 Å². The fraction of sp³-hybridized carbons (Fsp3) is 0.714. The predicted octanol–water partition coefficient (Wildman–Crippen LogP) is 4.96. The Hall–Kier alpha value is -1.96. The molecule has 0 aromatic carbocycles. The smallest absolute Gasteiger partial charge is 0.410 e. The zero-order chi connectivity index (χ0) is 22.5. The number of carbonyl (C=O) groups is 3. The van der Waals surface area contributed by atoms with Crippen LogP contribution in [0.25, 0.3) is 0 Å². The second-order valence-electron chi connectivity index (χ2n) is 8.81. The number of aromatic nitrogens is 1. The van der Waals surface area contributed by atoms with Crippen molar-refractivity contribution in [2.75, 3.05) is 7.05 Å². The summed E-state index contributed by atoms with van der Waals surface area (Å²) in [5, 5.41) is 0.564. The molecule has 0 aliphatic carbocycles. The molecule has 0 fully saturated rings. The van der Waals surface area contributed by atoms with Gasteiger partial charge in [0.05, 0.1) is 0 Å². The number of aldehydes is 1. The van der Waals surface area contributed by atoms with Crippen LogP contribution in [0.5, 0.6) is 0 Å². The second-order valence-corrected chi connectivity index (χ2v) is 9.87. The molecule has 1 amide bonds. The summed E-state index contributed by atoms with van der Waals surface area (Å²) < 4.78 is 11.0. The maximum atomic E-state index is 12.6. The van der Waals surface area contributed by atoms with Crippen LogP contribution in [-0.4, -0.2) is 46.9 Å². The van der Waals surface area contributed by atoms with Crippen LogP contribution in [0.15, 0.2) is 0 Å². The molecule has 0 unspecified atom stereocenters. The van der Waals surface area contributed by atoms with Gasteiger partial charge in [0.1, 0.15) is 16.3 Å². The number of carbonyl (C=O) groups excluding carboxylic acids is 3. The molecule has 1 rings (SSSR count). The number of nitrogens with zero attached hydrogens (tertiary/aromatic N) is 2. The molecule has 29 heavy (non-hydrogen) atoms. The quantitative estimate of drug-likeness (QED) is 0.431. The second kappa shape index (κ2) is 10.2. The van der Waals surface area contributed by atoms with Crippen molar-refractivity contribution in [1.29, 1.82) is 0 Å². The van der Waals surface area contributed by atoms with Gasteiger partial charge >= 0.3 is 12.1 Å². The predicted molar refractivity (Wildman–Crippen MR) is 113 cm³/mol. The minimum absolute atomic E-state index is 0.0839. The number of ether oxygens (including phenoxy) is 2. The van der Waals surface area contributed by atoms with E-state index in [1.807, 2.05) is 48.5 Å². The minimum atomic E-state index is -0.652. The Kier molecular flexibility index (Phi) is 8.81. The van der Waals surface area contributed by atoms with Gasteiger partial charge in [0, 0.05) is 31.3 Å². The van der Waals surface area contributed by atoms with E-state index >= 15 is 0 Å². The highest BCUT2D eigenvalue weighted by Crippen LogP contribution is 2.35. The maximum Gasteiger partial charge on any atom is 0.410 e. The Bertz CT molecular complexity index is 721. The van der Waals surface area contributed by atoms with Gasteiger partial charge in [-0.25, -0.2) is 9.78 Å². The Morgan fingerprint density at radius 2 is 1.79 bits per heavy atom. The zero-order valence-corrected chi connectivity index (χ0v) is 19.8. The molecule has 2 atom stereocenters. The van der Waals surface area contributed by atoms with E-state index in [2.05, 4.69) is 4.98 Å². The summed E-state index contributed by atoms with van der Waals surface area (Å²) in [4.78, 5) is 42.6. The highest BCUT2D eigenvalue weighted by molar-refractivity contribution is 7.12. The lowest BCUT2D eigenvalue weighted by Gasteiger charge is -2.34. The van der Waals surface area contributed by atoms with E-state index in [0.717, 1.165) is 11.2 Å². The minimum Gasteiger partial charge on any atom is -0.455 e. The molecule has 0 spiro atoms. The van der Waals surface area contributed by atoms with Crippen LogP contribution < -0.4 is 0 Å². The Balaban J connectivity index is 3.21. The van der Waals surface area contributed by atoms with E-state index in [1.165, 1.54) is 18.3 Å². The van der Waals surface area contributed by atoms with Crippen LogP contribution in [0.3, 0.4) is 0 Å². The summed E-state index contributed by atoms with van der Waals surface area (Å²) in [6, 6.07) is -0.250. The van der Waals surface area contributed by atoms with Gasteiger partial charge in [0.25, 0.3) is 0 Å². The van der Waals surface area contributed by atoms with Crippen molar-refractivity contribution >= 4 is 29.7 Å². The molecule has 0 saturated carbocycles. The third kappa shape index (κ3) is 7.42. The molecule has 1 heterocycles. The van der Waals surface area contributed by atoms with Crippen LogP contribution in [0, 0.1) is 5.92 Å². The summed E-state index contributed by atoms with van der Waals surface area (Å²) in [7, 11) is 1.68. The maximum absolute atomic E-state index is 12.6.